The smallest absolute Gasteiger partial charge is 0.257 e. The van der Waals surface area contributed by atoms with Crippen molar-refractivity contribution in [3.05, 3.63) is 35.6 Å². The van der Waals surface area contributed by atoms with Crippen LogP contribution >= 0.6 is 0 Å². The van der Waals surface area contributed by atoms with E-state index >= 15 is 0 Å². The highest BCUT2D eigenvalue weighted by atomic mass is 16.5. The summed E-state index contributed by atoms with van der Waals surface area (Å²) in [5, 5.41) is 4.15. The summed E-state index contributed by atoms with van der Waals surface area (Å²) in [5.41, 5.74) is 0.705. The van der Waals surface area contributed by atoms with E-state index in [1.807, 2.05) is 17.0 Å². The average molecular weight is 383 g/mol. The summed E-state index contributed by atoms with van der Waals surface area (Å²) in [6, 6.07) is 3.75. The van der Waals surface area contributed by atoms with Crippen LogP contribution in [0.1, 0.15) is 67.5 Å². The van der Waals surface area contributed by atoms with Gasteiger partial charge >= 0.3 is 0 Å². The maximum atomic E-state index is 13.0. The van der Waals surface area contributed by atoms with E-state index in [9.17, 15) is 4.79 Å². The summed E-state index contributed by atoms with van der Waals surface area (Å²) < 4.78 is 5.56. The minimum Gasteiger partial charge on any atom is -0.355 e. The molecule has 1 unspecified atom stereocenters. The molecule has 1 atom stereocenters. The summed E-state index contributed by atoms with van der Waals surface area (Å²) in [4.78, 5) is 26.3. The molecule has 150 valence electrons. The van der Waals surface area contributed by atoms with E-state index < -0.39 is 0 Å². The third kappa shape index (κ3) is 4.03. The molecule has 2 saturated heterocycles. The van der Waals surface area contributed by atoms with Gasteiger partial charge in [-0.15, -0.1) is 0 Å². The molecule has 0 aromatic carbocycles. The second kappa shape index (κ2) is 8.29. The molecule has 2 aliphatic heterocycles. The molecule has 0 spiro atoms. The van der Waals surface area contributed by atoms with Crippen molar-refractivity contribution >= 4 is 11.7 Å². The largest absolute Gasteiger partial charge is 0.355 e. The fourth-order valence-corrected chi connectivity index (χ4v) is 4.16. The number of hydrogen-bond donors (Lipinski definition) is 0. The van der Waals surface area contributed by atoms with Gasteiger partial charge in [-0.1, -0.05) is 19.0 Å². The first-order chi connectivity index (χ1) is 13.6. The molecule has 2 aromatic heterocycles. The van der Waals surface area contributed by atoms with Gasteiger partial charge in [0.2, 0.25) is 5.89 Å². The Labute approximate surface area is 166 Å². The Morgan fingerprint density at radius 1 is 1.25 bits per heavy atom. The van der Waals surface area contributed by atoms with Gasteiger partial charge in [0.1, 0.15) is 5.82 Å². The first kappa shape index (κ1) is 18.9. The lowest BCUT2D eigenvalue weighted by Gasteiger charge is -2.33. The predicted octanol–water partition coefficient (Wildman–Crippen LogP) is 3.28. The van der Waals surface area contributed by atoms with Crippen molar-refractivity contribution in [3.8, 4) is 0 Å². The normalized spacial score (nSPS) is 20.2. The number of rotatable bonds is 5. The number of amides is 1. The molecule has 0 radical (unpaired) electrons. The third-order valence-electron chi connectivity index (χ3n) is 5.56. The highest BCUT2D eigenvalue weighted by Crippen LogP contribution is 2.30. The second-order valence-electron chi connectivity index (χ2n) is 8.31. The minimum atomic E-state index is 0.0970. The first-order valence-corrected chi connectivity index (χ1v) is 10.4. The Morgan fingerprint density at radius 2 is 2.07 bits per heavy atom. The van der Waals surface area contributed by atoms with Gasteiger partial charge in [0.25, 0.3) is 5.91 Å². The number of likely N-dealkylation sites (tertiary alicyclic amines) is 1. The number of hydrogen-bond acceptors (Lipinski definition) is 6. The number of carbonyl (C=O) groups is 1. The molecule has 2 aliphatic rings. The zero-order valence-corrected chi connectivity index (χ0v) is 16.8. The predicted molar refractivity (Wildman–Crippen MR) is 106 cm³/mol. The zero-order valence-electron chi connectivity index (χ0n) is 16.8. The van der Waals surface area contributed by atoms with Crippen LogP contribution in [0, 0.1) is 5.92 Å². The lowest BCUT2D eigenvalue weighted by Crippen LogP contribution is -2.37. The quantitative estimate of drug-likeness (QED) is 0.789. The number of carbonyl (C=O) groups excluding carboxylic acids is 1. The lowest BCUT2D eigenvalue weighted by molar-refractivity contribution is 0.0793. The fourth-order valence-electron chi connectivity index (χ4n) is 4.16. The minimum absolute atomic E-state index is 0.0970. The Balaban J connectivity index is 1.52. The van der Waals surface area contributed by atoms with E-state index in [0.29, 0.717) is 17.4 Å². The average Bonchev–Trinajstić information content (AvgIpc) is 3.39. The number of piperidine rings is 1. The van der Waals surface area contributed by atoms with Crippen molar-refractivity contribution in [2.45, 2.75) is 51.9 Å². The van der Waals surface area contributed by atoms with Crippen molar-refractivity contribution in [2.24, 2.45) is 5.92 Å². The molecule has 4 rings (SSSR count). The van der Waals surface area contributed by atoms with Crippen LogP contribution in [0.4, 0.5) is 5.82 Å². The Kier molecular flexibility index (Phi) is 5.59. The van der Waals surface area contributed by atoms with Gasteiger partial charge in [-0.2, -0.15) is 4.98 Å². The van der Waals surface area contributed by atoms with E-state index in [1.165, 1.54) is 0 Å². The summed E-state index contributed by atoms with van der Waals surface area (Å²) in [6.45, 7) is 7.63. The van der Waals surface area contributed by atoms with Crippen LogP contribution in [0.3, 0.4) is 0 Å². The topological polar surface area (TPSA) is 75.4 Å². The molecule has 7 nitrogen and oxygen atoms in total. The summed E-state index contributed by atoms with van der Waals surface area (Å²) in [6.07, 6.45) is 6.80. The zero-order chi connectivity index (χ0) is 19.5. The number of nitrogens with zero attached hydrogens (tertiary/aromatic N) is 5. The highest BCUT2D eigenvalue weighted by Gasteiger charge is 2.30. The van der Waals surface area contributed by atoms with Crippen LogP contribution < -0.4 is 4.90 Å². The Bertz CT molecular complexity index is 813. The van der Waals surface area contributed by atoms with E-state index in [0.717, 1.165) is 69.9 Å². The van der Waals surface area contributed by atoms with Gasteiger partial charge < -0.3 is 14.3 Å². The van der Waals surface area contributed by atoms with Gasteiger partial charge in [0.15, 0.2) is 5.82 Å². The van der Waals surface area contributed by atoms with Gasteiger partial charge in [0.05, 0.1) is 11.5 Å². The highest BCUT2D eigenvalue weighted by molar-refractivity contribution is 5.99. The molecule has 2 aromatic rings. The van der Waals surface area contributed by atoms with Crippen molar-refractivity contribution in [1.82, 2.24) is 20.0 Å². The standard InChI is InChI=1S/C21H29N5O2/c1-15(2)13-18-23-20(28-24-18)16-7-6-12-26(14-16)19-17(8-5-9-22-19)21(27)25-10-3-4-11-25/h5,8-9,15-16H,3-4,6-7,10-14H2,1-2H3. The van der Waals surface area contributed by atoms with E-state index in [1.54, 1.807) is 6.20 Å². The SMILES string of the molecule is CC(C)Cc1noc(C2CCCN(c3ncccc3C(=O)N3CCCC3)C2)n1. The summed E-state index contributed by atoms with van der Waals surface area (Å²) in [7, 11) is 0. The Hall–Kier alpha value is -2.44. The third-order valence-corrected chi connectivity index (χ3v) is 5.56. The van der Waals surface area contributed by atoms with Crippen LogP contribution in [0.25, 0.3) is 0 Å². The molecule has 0 saturated carbocycles. The number of anilines is 1. The maximum absolute atomic E-state index is 13.0. The van der Waals surface area contributed by atoms with Crippen molar-refractivity contribution in [3.63, 3.8) is 0 Å². The molecular formula is C21H29N5O2. The molecule has 2 fully saturated rings. The molecule has 0 N–H and O–H groups in total. The second-order valence-corrected chi connectivity index (χ2v) is 8.31. The number of aromatic nitrogens is 3. The monoisotopic (exact) mass is 383 g/mol. The number of pyridine rings is 1. The molecule has 28 heavy (non-hydrogen) atoms. The van der Waals surface area contributed by atoms with Crippen LogP contribution in [0.15, 0.2) is 22.9 Å². The van der Waals surface area contributed by atoms with Gasteiger partial charge in [-0.25, -0.2) is 4.98 Å². The molecule has 7 heteroatoms. The molecule has 1 amide bonds. The summed E-state index contributed by atoms with van der Waals surface area (Å²) >= 11 is 0. The molecule has 0 aliphatic carbocycles. The van der Waals surface area contributed by atoms with Crippen LogP contribution in [-0.2, 0) is 6.42 Å². The van der Waals surface area contributed by atoms with Crippen molar-refractivity contribution in [2.75, 3.05) is 31.1 Å². The van der Waals surface area contributed by atoms with Crippen LogP contribution in [0.2, 0.25) is 0 Å². The fraction of sp³-hybridized carbons (Fsp3) is 0.619. The maximum Gasteiger partial charge on any atom is 0.257 e. The van der Waals surface area contributed by atoms with Gasteiger partial charge in [0, 0.05) is 38.8 Å². The molecule has 0 bridgehead atoms. The van der Waals surface area contributed by atoms with E-state index in [4.69, 9.17) is 4.52 Å². The first-order valence-electron chi connectivity index (χ1n) is 10.4. The van der Waals surface area contributed by atoms with Crippen LogP contribution in [-0.4, -0.2) is 52.1 Å². The van der Waals surface area contributed by atoms with Gasteiger partial charge in [-0.05, 0) is 43.7 Å². The van der Waals surface area contributed by atoms with Crippen molar-refractivity contribution < 1.29 is 9.32 Å². The van der Waals surface area contributed by atoms with E-state index in [2.05, 4.69) is 33.9 Å². The lowest BCUT2D eigenvalue weighted by atomic mass is 9.97. The molecule has 4 heterocycles. The van der Waals surface area contributed by atoms with Gasteiger partial charge in [-0.3, -0.25) is 4.79 Å². The Morgan fingerprint density at radius 3 is 2.86 bits per heavy atom. The van der Waals surface area contributed by atoms with Crippen LogP contribution in [0.5, 0.6) is 0 Å². The van der Waals surface area contributed by atoms with Crippen molar-refractivity contribution in [1.29, 1.82) is 0 Å². The summed E-state index contributed by atoms with van der Waals surface area (Å²) in [5.74, 6) is 3.05. The molecular weight excluding hydrogens is 354 g/mol. The van der Waals surface area contributed by atoms with E-state index in [-0.39, 0.29) is 11.8 Å².